The Hall–Kier alpha value is -1.77. The Morgan fingerprint density at radius 2 is 1.88 bits per heavy atom. The maximum Gasteiger partial charge on any atom is 0.494 e. The minimum absolute atomic E-state index is 0.0435. The Morgan fingerprint density at radius 3 is 2.53 bits per heavy atom. The van der Waals surface area contributed by atoms with Crippen LogP contribution in [0, 0.1) is 5.82 Å². The number of aliphatic hydroxyl groups is 1. The molecule has 0 heterocycles. The van der Waals surface area contributed by atoms with Crippen molar-refractivity contribution in [1.29, 1.82) is 0 Å². The van der Waals surface area contributed by atoms with Gasteiger partial charge in [0.25, 0.3) is 0 Å². The number of ether oxygens (including phenoxy) is 1. The first-order valence-electron chi connectivity index (χ1n) is 9.73. The van der Waals surface area contributed by atoms with Crippen molar-refractivity contribution in [3.8, 4) is 5.75 Å². The Morgan fingerprint density at radius 1 is 1.12 bits per heavy atom. The number of hydrogen-bond acceptors (Lipinski definition) is 5. The van der Waals surface area contributed by atoms with Crippen LogP contribution in [-0.4, -0.2) is 30.5 Å². The fraction of sp³-hybridized carbons (Fsp3) is 0.429. The van der Waals surface area contributed by atoms with E-state index in [1.807, 2.05) is 0 Å². The molecule has 0 amide bonds. The van der Waals surface area contributed by atoms with E-state index in [9.17, 15) is 27.2 Å². The van der Waals surface area contributed by atoms with Gasteiger partial charge in [-0.25, -0.2) is 4.39 Å². The minimum Gasteiger partial charge on any atom is -0.493 e. The molecule has 2 rings (SSSR count). The molecule has 0 saturated carbocycles. The lowest BCUT2D eigenvalue weighted by Gasteiger charge is -2.24. The number of nitrogens with two attached hydrogens (primary N) is 1. The maximum atomic E-state index is 13.7. The van der Waals surface area contributed by atoms with E-state index in [0.29, 0.717) is 22.6 Å². The van der Waals surface area contributed by atoms with E-state index >= 15 is 0 Å². The maximum absolute atomic E-state index is 13.7. The molecule has 2 atom stereocenters. The van der Waals surface area contributed by atoms with E-state index in [1.54, 1.807) is 0 Å². The van der Waals surface area contributed by atoms with Gasteiger partial charge in [-0.3, -0.25) is 0 Å². The lowest BCUT2D eigenvalue weighted by Crippen LogP contribution is -2.47. The summed E-state index contributed by atoms with van der Waals surface area (Å²) < 4.78 is 74.9. The van der Waals surface area contributed by atoms with Gasteiger partial charge in [0.15, 0.2) is 0 Å². The van der Waals surface area contributed by atoms with Crippen LogP contribution in [0.5, 0.6) is 5.75 Å². The van der Waals surface area contributed by atoms with Crippen LogP contribution in [0.15, 0.2) is 36.4 Å². The lowest BCUT2D eigenvalue weighted by atomic mass is 9.93. The molecule has 0 aliphatic heterocycles. The van der Waals surface area contributed by atoms with Gasteiger partial charge in [0.2, 0.25) is 0 Å². The monoisotopic (exact) mass is 496 g/mol. The van der Waals surface area contributed by atoms with Crippen LogP contribution >= 0.6 is 20.3 Å². The molecule has 32 heavy (non-hydrogen) atoms. The molecule has 0 aliphatic carbocycles. The zero-order chi connectivity index (χ0) is 23.8. The van der Waals surface area contributed by atoms with Crippen molar-refractivity contribution in [2.75, 3.05) is 19.8 Å². The third kappa shape index (κ3) is 7.98. The predicted octanol–water partition coefficient (Wildman–Crippen LogP) is 5.09. The number of aryl methyl sites for hydroxylation is 2. The quantitative estimate of drug-likeness (QED) is 0.243. The second-order valence-electron chi connectivity index (χ2n) is 7.41. The molecule has 2 unspecified atom stereocenters. The van der Waals surface area contributed by atoms with Gasteiger partial charge in [0.05, 0.1) is 24.3 Å². The summed E-state index contributed by atoms with van der Waals surface area (Å²) in [6.07, 6.45) is -3.83. The Labute approximate surface area is 189 Å². The van der Waals surface area contributed by atoms with Crippen LogP contribution in [-0.2, 0) is 28.1 Å². The molecular formula is C21H24ClF4NO4P+. The van der Waals surface area contributed by atoms with Gasteiger partial charge in [0.1, 0.15) is 18.2 Å². The molecule has 0 aromatic heterocycles. The van der Waals surface area contributed by atoms with E-state index in [4.69, 9.17) is 26.6 Å². The van der Waals surface area contributed by atoms with Gasteiger partial charge >= 0.3 is 14.9 Å². The third-order valence-corrected chi connectivity index (χ3v) is 5.35. The van der Waals surface area contributed by atoms with E-state index in [-0.39, 0.29) is 38.2 Å². The first kappa shape index (κ1) is 26.5. The first-order chi connectivity index (χ1) is 15.1. The Balaban J connectivity index is 2.03. The molecular weight excluding hydrogens is 473 g/mol. The average molecular weight is 497 g/mol. The van der Waals surface area contributed by atoms with Crippen molar-refractivity contribution >= 4 is 20.3 Å². The molecule has 0 bridgehead atoms. The molecule has 0 spiro atoms. The summed E-state index contributed by atoms with van der Waals surface area (Å²) in [5.74, 6) is -0.764. The molecule has 0 saturated heterocycles. The molecule has 176 valence electrons. The summed E-state index contributed by atoms with van der Waals surface area (Å²) in [7, 11) is -1.05. The number of aliphatic hydroxyl groups excluding tert-OH is 1. The smallest absolute Gasteiger partial charge is 0.493 e. The van der Waals surface area contributed by atoms with Crippen molar-refractivity contribution in [3.05, 3.63) is 63.9 Å². The second-order valence-corrected chi connectivity index (χ2v) is 8.30. The standard InChI is InChI=1S/C21H24ClF4NO4P/c22-16-4-5-18(23)15(11-16)2-1-9-30-19-6-3-14(10-17(19)21(24,25)26)7-8-20(27,12-28)13-31-32-29/h3-6,10-11,28,32H,1-2,7-9,12-13,27H2/q+1. The number of hydrogen-bond donors (Lipinski definition) is 2. The van der Waals surface area contributed by atoms with Gasteiger partial charge in [-0.05, 0) is 71.7 Å². The highest BCUT2D eigenvalue weighted by Crippen LogP contribution is 2.37. The van der Waals surface area contributed by atoms with Crippen molar-refractivity contribution in [2.24, 2.45) is 5.73 Å². The first-order valence-corrected chi connectivity index (χ1v) is 10.9. The van der Waals surface area contributed by atoms with E-state index in [0.717, 1.165) is 6.07 Å². The van der Waals surface area contributed by atoms with Gasteiger partial charge < -0.3 is 15.6 Å². The fourth-order valence-electron chi connectivity index (χ4n) is 3.02. The molecule has 2 aromatic carbocycles. The number of alkyl halides is 3. The van der Waals surface area contributed by atoms with Gasteiger partial charge in [-0.1, -0.05) is 17.7 Å². The highest BCUT2D eigenvalue weighted by Gasteiger charge is 2.35. The molecule has 0 radical (unpaired) electrons. The normalized spacial score (nSPS) is 13.8. The Bertz CT molecular complexity index is 916. The summed E-state index contributed by atoms with van der Waals surface area (Å²) in [5, 5.41) is 9.79. The largest absolute Gasteiger partial charge is 0.494 e. The average Bonchev–Trinajstić information content (AvgIpc) is 2.75. The van der Waals surface area contributed by atoms with Crippen LogP contribution in [0.4, 0.5) is 17.6 Å². The van der Waals surface area contributed by atoms with Crippen LogP contribution < -0.4 is 10.5 Å². The van der Waals surface area contributed by atoms with Crippen LogP contribution in [0.1, 0.15) is 29.5 Å². The van der Waals surface area contributed by atoms with Crippen molar-refractivity contribution in [3.63, 3.8) is 0 Å². The predicted molar refractivity (Wildman–Crippen MR) is 114 cm³/mol. The fourth-order valence-corrected chi connectivity index (χ4v) is 3.56. The SMILES string of the molecule is NC(CO)(CCc1ccc(OCCCc2cc(Cl)ccc2F)c(C(F)(F)F)c1)CO[PH+]=O. The van der Waals surface area contributed by atoms with Gasteiger partial charge in [-0.2, -0.15) is 13.2 Å². The third-order valence-electron chi connectivity index (χ3n) is 4.85. The number of halogens is 5. The van der Waals surface area contributed by atoms with E-state index in [2.05, 4.69) is 0 Å². The topological polar surface area (TPSA) is 81.8 Å². The highest BCUT2D eigenvalue weighted by atomic mass is 35.5. The summed E-state index contributed by atoms with van der Waals surface area (Å²) in [5.41, 5.74) is 4.49. The zero-order valence-corrected chi connectivity index (χ0v) is 18.8. The molecule has 0 fully saturated rings. The van der Waals surface area contributed by atoms with Gasteiger partial charge in [0, 0.05) is 5.02 Å². The molecule has 5 nitrogen and oxygen atoms in total. The van der Waals surface area contributed by atoms with Crippen molar-refractivity contribution in [1.82, 2.24) is 0 Å². The summed E-state index contributed by atoms with van der Waals surface area (Å²) in [6, 6.07) is 7.80. The van der Waals surface area contributed by atoms with Crippen molar-refractivity contribution < 1.29 is 36.5 Å². The number of benzene rings is 2. The summed E-state index contributed by atoms with van der Waals surface area (Å²) >= 11 is 5.83. The Kier molecular flexibility index (Phi) is 9.85. The van der Waals surface area contributed by atoms with Crippen molar-refractivity contribution in [2.45, 2.75) is 37.4 Å². The molecule has 2 aromatic rings. The van der Waals surface area contributed by atoms with Crippen LogP contribution in [0.2, 0.25) is 5.02 Å². The van der Waals surface area contributed by atoms with E-state index in [1.165, 1.54) is 30.3 Å². The second kappa shape index (κ2) is 11.9. The van der Waals surface area contributed by atoms with E-state index < -0.39 is 38.4 Å². The lowest BCUT2D eigenvalue weighted by molar-refractivity contribution is -0.139. The zero-order valence-electron chi connectivity index (χ0n) is 17.1. The number of rotatable bonds is 12. The van der Waals surface area contributed by atoms with Crippen LogP contribution in [0.3, 0.4) is 0 Å². The molecule has 11 heteroatoms. The minimum atomic E-state index is -4.64. The summed E-state index contributed by atoms with van der Waals surface area (Å²) in [4.78, 5) is 0. The molecule has 3 N–H and O–H groups in total. The highest BCUT2D eigenvalue weighted by molar-refractivity contribution is 7.17. The van der Waals surface area contributed by atoms with Crippen LogP contribution in [0.25, 0.3) is 0 Å². The van der Waals surface area contributed by atoms with Gasteiger partial charge in [-0.15, -0.1) is 4.52 Å². The summed E-state index contributed by atoms with van der Waals surface area (Å²) in [6.45, 7) is -0.706. The molecule has 0 aliphatic rings.